The van der Waals surface area contributed by atoms with Crippen molar-refractivity contribution in [2.75, 3.05) is 0 Å². The summed E-state index contributed by atoms with van der Waals surface area (Å²) in [6.45, 7) is 0. The van der Waals surface area contributed by atoms with Crippen molar-refractivity contribution in [3.8, 4) is 0 Å². The second-order valence-corrected chi connectivity index (χ2v) is 5.43. The van der Waals surface area contributed by atoms with Crippen LogP contribution in [-0.2, 0) is 6.42 Å². The highest BCUT2D eigenvalue weighted by atomic mass is 14.6. The first-order valence-corrected chi connectivity index (χ1v) is 6.01. The number of fused-ring (bicyclic) bond motifs is 7. The minimum absolute atomic E-state index is 0.963. The lowest BCUT2D eigenvalue weighted by atomic mass is 9.80. The fourth-order valence-electron chi connectivity index (χ4n) is 4.49. The number of hydrogen-bond donors (Lipinski definition) is 0. The Bertz CT molecular complexity index is 379. The zero-order valence-electron chi connectivity index (χ0n) is 8.45. The molecule has 2 bridgehead atoms. The molecule has 0 heteroatoms. The van der Waals surface area contributed by atoms with E-state index in [1.807, 2.05) is 0 Å². The van der Waals surface area contributed by atoms with Gasteiger partial charge in [0.25, 0.3) is 0 Å². The number of hydrogen-bond acceptors (Lipinski definition) is 0. The van der Waals surface area contributed by atoms with Crippen molar-refractivity contribution in [1.29, 1.82) is 0 Å². The summed E-state index contributed by atoms with van der Waals surface area (Å²) >= 11 is 0. The smallest absolute Gasteiger partial charge is 0.00966 e. The average molecular weight is 184 g/mol. The van der Waals surface area contributed by atoms with Crippen molar-refractivity contribution < 1.29 is 0 Å². The maximum atomic E-state index is 2.39. The first-order chi connectivity index (χ1) is 6.93. The molecule has 0 N–H and O–H groups in total. The Morgan fingerprint density at radius 1 is 1.00 bits per heavy atom. The molecule has 1 aromatic rings. The van der Waals surface area contributed by atoms with E-state index in [0.29, 0.717) is 0 Å². The summed E-state index contributed by atoms with van der Waals surface area (Å²) in [5, 5.41) is 0. The fourth-order valence-corrected chi connectivity index (χ4v) is 4.49. The van der Waals surface area contributed by atoms with Gasteiger partial charge in [-0.1, -0.05) is 24.3 Å². The minimum Gasteiger partial charge on any atom is -0.0620 e. The Hall–Kier alpha value is -0.780. The van der Waals surface area contributed by atoms with E-state index < -0.39 is 0 Å². The first kappa shape index (κ1) is 7.50. The largest absolute Gasteiger partial charge is 0.0620 e. The molecule has 2 saturated carbocycles. The summed E-state index contributed by atoms with van der Waals surface area (Å²) in [4.78, 5) is 0. The lowest BCUT2D eigenvalue weighted by Crippen LogP contribution is -2.16. The molecular weight excluding hydrogens is 168 g/mol. The van der Waals surface area contributed by atoms with Crippen LogP contribution in [0.5, 0.6) is 0 Å². The van der Waals surface area contributed by atoms with Gasteiger partial charge < -0.3 is 0 Å². The molecular formula is C14H16. The van der Waals surface area contributed by atoms with Gasteiger partial charge in [-0.15, -0.1) is 0 Å². The molecule has 2 fully saturated rings. The quantitative estimate of drug-likeness (QED) is 0.580. The van der Waals surface area contributed by atoms with E-state index in [9.17, 15) is 0 Å². The monoisotopic (exact) mass is 184 g/mol. The van der Waals surface area contributed by atoms with Gasteiger partial charge in [0, 0.05) is 0 Å². The zero-order valence-corrected chi connectivity index (χ0v) is 8.45. The lowest BCUT2D eigenvalue weighted by Gasteiger charge is -2.24. The first-order valence-electron chi connectivity index (χ1n) is 6.01. The summed E-state index contributed by atoms with van der Waals surface area (Å²) in [6.07, 6.45) is 5.98. The van der Waals surface area contributed by atoms with Crippen molar-refractivity contribution in [3.05, 3.63) is 35.4 Å². The SMILES string of the molecule is c1ccc2c(c1)CC1C3CCC(C3)C21. The molecule has 0 radical (unpaired) electrons. The van der Waals surface area contributed by atoms with Gasteiger partial charge in [0.05, 0.1) is 0 Å². The van der Waals surface area contributed by atoms with Crippen LogP contribution in [0.4, 0.5) is 0 Å². The van der Waals surface area contributed by atoms with Gasteiger partial charge in [-0.3, -0.25) is 0 Å². The van der Waals surface area contributed by atoms with Crippen LogP contribution in [0.15, 0.2) is 24.3 Å². The van der Waals surface area contributed by atoms with Crippen molar-refractivity contribution in [3.63, 3.8) is 0 Å². The van der Waals surface area contributed by atoms with Crippen molar-refractivity contribution in [2.24, 2.45) is 17.8 Å². The highest BCUT2D eigenvalue weighted by Crippen LogP contribution is 2.61. The Balaban J connectivity index is 1.86. The molecule has 3 aliphatic carbocycles. The number of benzene rings is 1. The van der Waals surface area contributed by atoms with E-state index >= 15 is 0 Å². The van der Waals surface area contributed by atoms with E-state index in [2.05, 4.69) is 24.3 Å². The third-order valence-electron chi connectivity index (χ3n) is 4.96. The van der Waals surface area contributed by atoms with Gasteiger partial charge >= 0.3 is 0 Å². The Morgan fingerprint density at radius 3 is 2.86 bits per heavy atom. The predicted octanol–water partition coefficient (Wildman–Crippen LogP) is 3.37. The summed E-state index contributed by atoms with van der Waals surface area (Å²) in [7, 11) is 0. The topological polar surface area (TPSA) is 0 Å². The molecule has 0 heterocycles. The Kier molecular flexibility index (Phi) is 1.30. The van der Waals surface area contributed by atoms with E-state index in [1.54, 1.807) is 17.5 Å². The third kappa shape index (κ3) is 0.762. The predicted molar refractivity (Wildman–Crippen MR) is 57.2 cm³/mol. The van der Waals surface area contributed by atoms with Gasteiger partial charge in [0.2, 0.25) is 0 Å². The van der Waals surface area contributed by atoms with Crippen molar-refractivity contribution in [2.45, 2.75) is 31.6 Å². The molecule has 0 aliphatic heterocycles. The molecule has 0 aromatic heterocycles. The second-order valence-electron chi connectivity index (χ2n) is 5.43. The van der Waals surface area contributed by atoms with E-state index in [4.69, 9.17) is 0 Å². The summed E-state index contributed by atoms with van der Waals surface area (Å²) in [5.41, 5.74) is 3.38. The van der Waals surface area contributed by atoms with Crippen LogP contribution < -0.4 is 0 Å². The highest BCUT2D eigenvalue weighted by Gasteiger charge is 2.51. The van der Waals surface area contributed by atoms with Crippen molar-refractivity contribution >= 4 is 0 Å². The molecule has 4 atom stereocenters. The van der Waals surface area contributed by atoms with Gasteiger partial charge in [-0.2, -0.15) is 0 Å². The van der Waals surface area contributed by atoms with Crippen LogP contribution in [0.25, 0.3) is 0 Å². The highest BCUT2D eigenvalue weighted by molar-refractivity contribution is 5.39. The van der Waals surface area contributed by atoms with E-state index in [1.165, 1.54) is 19.3 Å². The third-order valence-corrected chi connectivity index (χ3v) is 4.96. The minimum atomic E-state index is 0.963. The van der Waals surface area contributed by atoms with Crippen LogP contribution in [0, 0.1) is 17.8 Å². The molecule has 1 aromatic carbocycles. The molecule has 14 heavy (non-hydrogen) atoms. The molecule has 72 valence electrons. The van der Waals surface area contributed by atoms with Gasteiger partial charge in [0.1, 0.15) is 0 Å². The van der Waals surface area contributed by atoms with Crippen molar-refractivity contribution in [1.82, 2.24) is 0 Å². The number of rotatable bonds is 0. The van der Waals surface area contributed by atoms with Crippen LogP contribution in [0.3, 0.4) is 0 Å². The summed E-state index contributed by atoms with van der Waals surface area (Å²) in [6, 6.07) is 9.18. The van der Waals surface area contributed by atoms with Crippen LogP contribution in [0.2, 0.25) is 0 Å². The molecule has 3 aliphatic rings. The fraction of sp³-hybridized carbons (Fsp3) is 0.571. The zero-order chi connectivity index (χ0) is 9.12. The van der Waals surface area contributed by atoms with E-state index in [0.717, 1.165) is 23.7 Å². The van der Waals surface area contributed by atoms with Gasteiger partial charge in [-0.05, 0) is 60.5 Å². The normalized spacial score (nSPS) is 42.6. The van der Waals surface area contributed by atoms with E-state index in [-0.39, 0.29) is 0 Å². The molecule has 4 unspecified atom stereocenters. The molecule has 0 spiro atoms. The molecule has 4 rings (SSSR count). The Labute approximate surface area is 85.3 Å². The summed E-state index contributed by atoms with van der Waals surface area (Å²) < 4.78 is 0. The maximum Gasteiger partial charge on any atom is -0.00966 e. The van der Waals surface area contributed by atoms with Gasteiger partial charge in [-0.25, -0.2) is 0 Å². The standard InChI is InChI=1S/C14H16/c1-2-4-12-9(3-1)8-13-10-5-6-11(7-10)14(12)13/h1-4,10-11,13-14H,5-8H2. The maximum absolute atomic E-state index is 2.39. The van der Waals surface area contributed by atoms with Gasteiger partial charge in [0.15, 0.2) is 0 Å². The molecule has 0 saturated heterocycles. The second kappa shape index (κ2) is 2.42. The molecule has 0 nitrogen and oxygen atoms in total. The van der Waals surface area contributed by atoms with Crippen LogP contribution in [-0.4, -0.2) is 0 Å². The Morgan fingerprint density at radius 2 is 1.86 bits per heavy atom. The van der Waals surface area contributed by atoms with Crippen LogP contribution >= 0.6 is 0 Å². The lowest BCUT2D eigenvalue weighted by molar-refractivity contribution is 0.310. The molecule has 0 amide bonds. The average Bonchev–Trinajstić information content (AvgIpc) is 2.88. The van der Waals surface area contributed by atoms with Crippen LogP contribution in [0.1, 0.15) is 36.3 Å². The summed E-state index contributed by atoms with van der Waals surface area (Å²) in [5.74, 6) is 4.13.